The molecule has 7 rings (SSSR count). The van der Waals surface area contributed by atoms with Gasteiger partial charge in [-0.2, -0.15) is 26.3 Å². The van der Waals surface area contributed by atoms with Crippen molar-refractivity contribution in [1.29, 1.82) is 0 Å². The van der Waals surface area contributed by atoms with E-state index in [1.54, 1.807) is 31.3 Å². The molecule has 0 saturated heterocycles. The maximum atomic E-state index is 13.2. The Balaban J connectivity index is 0.000000177. The van der Waals surface area contributed by atoms with Crippen molar-refractivity contribution in [2.75, 3.05) is 12.8 Å². The van der Waals surface area contributed by atoms with E-state index in [4.69, 9.17) is 5.73 Å². The van der Waals surface area contributed by atoms with Crippen LogP contribution in [0.25, 0.3) is 0 Å². The van der Waals surface area contributed by atoms with Crippen molar-refractivity contribution in [2.24, 2.45) is 88.8 Å². The van der Waals surface area contributed by atoms with E-state index < -0.39 is 29.5 Å². The Bertz CT molecular complexity index is 1510. The topological polar surface area (TPSA) is 133 Å². The third kappa shape index (κ3) is 8.53. The van der Waals surface area contributed by atoms with Crippen LogP contribution >= 0.6 is 0 Å². The van der Waals surface area contributed by atoms with Gasteiger partial charge < -0.3 is 26.4 Å². The van der Waals surface area contributed by atoms with Gasteiger partial charge in [-0.3, -0.25) is 9.59 Å². The number of carbonyl (C=O) groups excluding carboxylic acids is 1. The Hall–Kier alpha value is -2.54. The number of nitrogens with two attached hydrogens (primary N) is 1. The number of rotatable bonds is 7. The Morgan fingerprint density at radius 3 is 1.56 bits per heavy atom. The minimum atomic E-state index is -4.59. The summed E-state index contributed by atoms with van der Waals surface area (Å²) >= 11 is 0. The third-order valence-corrected chi connectivity index (χ3v) is 15.8. The maximum absolute atomic E-state index is 13.2. The molecule has 17 unspecified atom stereocenters. The van der Waals surface area contributed by atoms with Gasteiger partial charge in [0.1, 0.15) is 0 Å². The van der Waals surface area contributed by atoms with Gasteiger partial charge in [0.05, 0.1) is 5.92 Å². The molecule has 6 fully saturated rings. The third-order valence-electron chi connectivity index (χ3n) is 15.8. The van der Waals surface area contributed by atoms with Gasteiger partial charge in [0.25, 0.3) is 5.91 Å². The van der Waals surface area contributed by atoms with Crippen molar-refractivity contribution in [3.8, 4) is 0 Å². The normalized spacial score (nSPS) is 40.7. The minimum Gasteiger partial charge on any atom is -0.481 e. The van der Waals surface area contributed by atoms with Crippen LogP contribution in [0.3, 0.4) is 0 Å². The van der Waals surface area contributed by atoms with E-state index in [9.17, 15) is 51.3 Å². The van der Waals surface area contributed by atoms with Crippen molar-refractivity contribution < 1.29 is 51.3 Å². The molecular weight excluding hydrogens is 726 g/mol. The van der Waals surface area contributed by atoms with Gasteiger partial charge in [-0.05, 0) is 172 Å². The largest absolute Gasteiger partial charge is 0.481 e. The molecule has 55 heavy (non-hydrogen) atoms. The highest BCUT2D eigenvalue weighted by atomic mass is 19.4. The zero-order chi connectivity index (χ0) is 41.2. The molecular formula is C42H62F6N2O5. The van der Waals surface area contributed by atoms with Gasteiger partial charge >= 0.3 is 18.3 Å². The van der Waals surface area contributed by atoms with E-state index in [0.717, 1.165) is 52.4 Å². The molecule has 0 radical (unpaired) electrons. The van der Waals surface area contributed by atoms with Gasteiger partial charge in [-0.15, -0.1) is 0 Å². The summed E-state index contributed by atoms with van der Waals surface area (Å²) in [6.07, 6.45) is -4.04. The summed E-state index contributed by atoms with van der Waals surface area (Å²) in [7, 11) is 1.60. The number of carbonyl (C=O) groups is 2. The molecule has 0 heterocycles. The van der Waals surface area contributed by atoms with Crippen LogP contribution in [0, 0.1) is 88.8 Å². The van der Waals surface area contributed by atoms with Gasteiger partial charge in [-0.1, -0.05) is 27.7 Å². The van der Waals surface area contributed by atoms with Crippen molar-refractivity contribution >= 4 is 17.6 Å². The summed E-state index contributed by atoms with van der Waals surface area (Å²) in [5.41, 5.74) is 1.58. The number of nitrogen functional groups attached to an aromatic ring is 1. The van der Waals surface area contributed by atoms with Gasteiger partial charge in [0.15, 0.2) is 11.2 Å². The monoisotopic (exact) mass is 788 g/mol. The number of aliphatic hydroxyl groups is 2. The average molecular weight is 789 g/mol. The zero-order valence-electron chi connectivity index (χ0n) is 33.1. The molecule has 6 aliphatic rings. The van der Waals surface area contributed by atoms with E-state index in [2.05, 4.69) is 33.0 Å². The average Bonchev–Trinajstić information content (AvgIpc) is 3.93. The maximum Gasteiger partial charge on any atom is 0.416 e. The number of hydrogen-bond acceptors (Lipinski definition) is 5. The standard InChI is InChI=1S/C21H31F3O3.C13H21F3O.C8H10N2O/c1-9-11-4-13(8-20(3,27)21(22,23)24)15(5-11)18(9)17-10(2)14-6-12(17)7-16(14)19(25)26;1-7-8(2)11-5-9(7)4-10(11)6-12(3,17)13(14,15)16;1-10-8(11)6-2-4-7(9)5-3-6/h9-18,27H,4-8H2,1-3H3,(H,25,26);7-11,17H,4-6H2,1-3H3;2-5H,9H2,1H3,(H,10,11). The first-order chi connectivity index (χ1) is 25.3. The smallest absolute Gasteiger partial charge is 0.416 e. The number of alkyl halides is 6. The number of amides is 1. The number of benzene rings is 1. The van der Waals surface area contributed by atoms with Crippen LogP contribution in [0.4, 0.5) is 32.0 Å². The predicted molar refractivity (Wildman–Crippen MR) is 197 cm³/mol. The minimum absolute atomic E-state index is 0.0443. The quantitative estimate of drug-likeness (QED) is 0.139. The molecule has 0 aromatic heterocycles. The zero-order valence-corrected chi connectivity index (χ0v) is 33.1. The summed E-state index contributed by atoms with van der Waals surface area (Å²) in [6, 6.07) is 6.78. The number of aliphatic carboxylic acids is 1. The fourth-order valence-electron chi connectivity index (χ4n) is 12.7. The number of carboxylic acid groups (broad SMARTS) is 1. The Morgan fingerprint density at radius 2 is 1.15 bits per heavy atom. The molecule has 6 bridgehead atoms. The molecule has 312 valence electrons. The van der Waals surface area contributed by atoms with Gasteiger partial charge in [0.2, 0.25) is 0 Å². The van der Waals surface area contributed by atoms with Gasteiger partial charge in [0, 0.05) is 18.3 Å². The molecule has 0 aliphatic heterocycles. The number of carboxylic acids is 1. The summed E-state index contributed by atoms with van der Waals surface area (Å²) in [4.78, 5) is 22.5. The molecule has 6 aliphatic carbocycles. The second kappa shape index (κ2) is 15.7. The molecule has 1 aromatic rings. The second-order valence-electron chi connectivity index (χ2n) is 18.9. The second-order valence-corrected chi connectivity index (χ2v) is 18.9. The van der Waals surface area contributed by atoms with Crippen LogP contribution in [-0.4, -0.2) is 57.8 Å². The lowest BCUT2D eigenvalue weighted by Gasteiger charge is -2.45. The lowest BCUT2D eigenvalue weighted by molar-refractivity contribution is -0.260. The van der Waals surface area contributed by atoms with E-state index in [1.165, 1.54) is 0 Å². The van der Waals surface area contributed by atoms with Crippen molar-refractivity contribution in [1.82, 2.24) is 5.32 Å². The highest BCUT2D eigenvalue weighted by molar-refractivity contribution is 5.94. The lowest BCUT2D eigenvalue weighted by atomic mass is 9.60. The van der Waals surface area contributed by atoms with E-state index >= 15 is 0 Å². The predicted octanol–water partition coefficient (Wildman–Crippen LogP) is 8.84. The first-order valence-corrected chi connectivity index (χ1v) is 20.2. The first kappa shape index (κ1) is 43.6. The van der Waals surface area contributed by atoms with E-state index in [-0.39, 0.29) is 48.3 Å². The number of fused-ring (bicyclic) bond motifs is 6. The number of hydrogen-bond donors (Lipinski definition) is 5. The van der Waals surface area contributed by atoms with Crippen LogP contribution in [0.2, 0.25) is 0 Å². The number of anilines is 1. The highest BCUT2D eigenvalue weighted by Crippen LogP contribution is 2.67. The van der Waals surface area contributed by atoms with Gasteiger partial charge in [-0.25, -0.2) is 0 Å². The Labute approximate surface area is 321 Å². The van der Waals surface area contributed by atoms with Crippen molar-refractivity contribution in [3.05, 3.63) is 29.8 Å². The Morgan fingerprint density at radius 1 is 0.673 bits per heavy atom. The fourth-order valence-corrected chi connectivity index (χ4v) is 12.7. The van der Waals surface area contributed by atoms with Crippen LogP contribution in [0.1, 0.15) is 103 Å². The van der Waals surface area contributed by atoms with Crippen LogP contribution in [0.5, 0.6) is 0 Å². The van der Waals surface area contributed by atoms with E-state index in [1.807, 2.05) is 0 Å². The van der Waals surface area contributed by atoms with Crippen LogP contribution in [-0.2, 0) is 4.79 Å². The Kier molecular flexibility index (Phi) is 12.4. The van der Waals surface area contributed by atoms with Crippen LogP contribution < -0.4 is 11.1 Å². The molecule has 13 heteroatoms. The first-order valence-electron chi connectivity index (χ1n) is 20.2. The molecule has 7 nitrogen and oxygen atoms in total. The molecule has 1 aromatic carbocycles. The SMILES string of the molecule is CC1C2CC(CC(C)(O)C(F)(F)F)C(C2)C1C.CC1C2CC(CC2C(=O)O)C1C1C(C)C2CC(CC(C)(O)C(F)(F)F)C1C2.CNC(=O)c1ccc(N)cc1. The molecule has 0 spiro atoms. The van der Waals surface area contributed by atoms with E-state index in [0.29, 0.717) is 70.4 Å². The van der Waals surface area contributed by atoms with Crippen molar-refractivity contribution in [2.45, 2.75) is 116 Å². The van der Waals surface area contributed by atoms with Crippen molar-refractivity contribution in [3.63, 3.8) is 0 Å². The molecule has 6 saturated carbocycles. The van der Waals surface area contributed by atoms with Crippen LogP contribution in [0.15, 0.2) is 24.3 Å². The summed E-state index contributed by atoms with van der Waals surface area (Å²) in [5, 5.41) is 31.6. The molecule has 17 atom stereocenters. The molecule has 6 N–H and O–H groups in total. The summed E-state index contributed by atoms with van der Waals surface area (Å²) in [6.45, 7) is 10.6. The fraction of sp³-hybridized carbons (Fsp3) is 0.810. The summed E-state index contributed by atoms with van der Waals surface area (Å²) in [5.74, 6) is 4.02. The summed E-state index contributed by atoms with van der Waals surface area (Å²) < 4.78 is 77.6. The number of halogens is 6. The number of nitrogens with one attached hydrogen (secondary N) is 1. The molecule has 1 amide bonds. The lowest BCUT2D eigenvalue weighted by Crippen LogP contribution is -2.46. The highest BCUT2D eigenvalue weighted by Gasteiger charge is 2.63.